The Bertz CT molecular complexity index is 926. The second-order valence-electron chi connectivity index (χ2n) is 8.76. The molecule has 16 heteroatoms. The summed E-state index contributed by atoms with van der Waals surface area (Å²) in [6.45, 7) is 0. The highest BCUT2D eigenvalue weighted by atomic mass is 16.4. The van der Waals surface area contributed by atoms with Crippen LogP contribution in [0, 0.1) is 11.8 Å². The summed E-state index contributed by atoms with van der Waals surface area (Å²) in [5.41, 5.74) is 0. The van der Waals surface area contributed by atoms with Gasteiger partial charge >= 0.3 is 48.8 Å². The van der Waals surface area contributed by atoms with Gasteiger partial charge in [-0.1, -0.05) is 87.1 Å². The van der Waals surface area contributed by atoms with Gasteiger partial charge in [0.1, 0.15) is 0 Å². The van der Waals surface area contributed by atoms with E-state index in [0.29, 0.717) is 0 Å². The third-order valence-electron chi connectivity index (χ3n) is 5.73. The number of carbonyl (C=O) groups is 2. The van der Waals surface area contributed by atoms with Crippen LogP contribution in [0.4, 0.5) is 0 Å². The van der Waals surface area contributed by atoms with Gasteiger partial charge < -0.3 is 10.2 Å². The third-order valence-corrected chi connectivity index (χ3v) is 5.73. The fraction of sp³-hybridized carbons (Fsp3) is 0.500. The molecular weight excluding hydrogens is 640 g/mol. The van der Waals surface area contributed by atoms with Gasteiger partial charge in [0.2, 0.25) is 0 Å². The molecule has 1 aromatic carbocycles. The topological polar surface area (TPSA) is 279 Å². The van der Waals surface area contributed by atoms with Gasteiger partial charge in [-0.05, 0) is 51.4 Å². The zero-order valence-electron chi connectivity index (χ0n) is 26.3. The highest BCUT2D eigenvalue weighted by molar-refractivity contribution is 5.70. The Hall–Kier alpha value is -5.82. The van der Waals surface area contributed by atoms with Gasteiger partial charge in [0.25, 0.3) is 0 Å². The van der Waals surface area contributed by atoms with E-state index in [0.717, 1.165) is 51.4 Å². The van der Waals surface area contributed by atoms with Crippen molar-refractivity contribution in [3.8, 4) is 0 Å². The first-order valence-electron chi connectivity index (χ1n) is 14.2. The molecular formula is C32H40O16. The zero-order chi connectivity index (χ0) is 38.1. The third kappa shape index (κ3) is 67.7. The number of allylic oxidation sites excluding steroid dienone is 2. The molecule has 3 aliphatic rings. The Morgan fingerprint density at radius 1 is 0.375 bits per heavy atom. The molecule has 48 heavy (non-hydrogen) atoms. The Balaban J connectivity index is -0.000000106. The maximum atomic E-state index is 10.4. The van der Waals surface area contributed by atoms with Crippen molar-refractivity contribution in [1.29, 1.82) is 0 Å². The van der Waals surface area contributed by atoms with Crippen molar-refractivity contribution >= 4 is 48.8 Å². The molecule has 16 nitrogen and oxygen atoms in total. The molecule has 1 aromatic rings. The van der Waals surface area contributed by atoms with Crippen LogP contribution in [-0.4, -0.2) is 59.1 Å². The minimum atomic E-state index is -0.602. The van der Waals surface area contributed by atoms with E-state index in [9.17, 15) is 9.59 Å². The van der Waals surface area contributed by atoms with Crippen LogP contribution in [0.5, 0.6) is 0 Å². The summed E-state index contributed by atoms with van der Waals surface area (Å²) in [4.78, 5) is 118. The fourth-order valence-electron chi connectivity index (χ4n) is 3.84. The maximum absolute atomic E-state index is 10.4. The second-order valence-corrected chi connectivity index (χ2v) is 8.76. The fourth-order valence-corrected chi connectivity index (χ4v) is 3.84. The Kier molecular flexibility index (Phi) is 64.8. The van der Waals surface area contributed by atoms with Crippen molar-refractivity contribution in [2.75, 3.05) is 0 Å². The number of benzene rings is 1. The highest BCUT2D eigenvalue weighted by Gasteiger charge is 2.20. The summed E-state index contributed by atoms with van der Waals surface area (Å²) in [7, 11) is 0. The van der Waals surface area contributed by atoms with E-state index >= 15 is 0 Å². The normalized spacial score (nSPS) is 12.8. The van der Waals surface area contributed by atoms with Crippen molar-refractivity contribution in [2.24, 2.45) is 11.8 Å². The molecule has 0 aromatic heterocycles. The van der Waals surface area contributed by atoms with Crippen LogP contribution in [0.1, 0.15) is 89.9 Å². The molecule has 2 saturated carbocycles. The van der Waals surface area contributed by atoms with Gasteiger partial charge in [-0.15, -0.1) is 0 Å². The van der Waals surface area contributed by atoms with E-state index in [1.807, 2.05) is 36.4 Å². The summed E-state index contributed by atoms with van der Waals surface area (Å²) in [5.74, 6) is -1.26. The lowest BCUT2D eigenvalue weighted by Gasteiger charge is -2.16. The first-order valence-corrected chi connectivity index (χ1v) is 14.2. The molecule has 0 unspecified atom stereocenters. The van der Waals surface area contributed by atoms with Gasteiger partial charge in [-0.3, -0.25) is 9.59 Å². The predicted octanol–water partition coefficient (Wildman–Crippen LogP) is 3.60. The first kappa shape index (κ1) is 54.6. The van der Waals surface area contributed by atoms with Crippen molar-refractivity contribution < 1.29 is 77.3 Å². The minimum absolute atomic E-state index is 0.0289. The number of aliphatic carboxylic acids is 2. The highest BCUT2D eigenvalue weighted by Crippen LogP contribution is 2.24. The van der Waals surface area contributed by atoms with E-state index < -0.39 is 11.9 Å². The number of rotatable bonds is 2. The van der Waals surface area contributed by atoms with Crippen molar-refractivity contribution in [1.82, 2.24) is 0 Å². The summed E-state index contributed by atoms with van der Waals surface area (Å²) in [6.07, 6.45) is 22.0. The average Bonchev–Trinajstić information content (AvgIpc) is 3.10. The molecule has 0 aliphatic heterocycles. The maximum Gasteiger partial charge on any atom is 0.373 e. The number of carboxylic acids is 2. The number of carboxylic acid groups (broad SMARTS) is 2. The Labute approximate surface area is 276 Å². The molecule has 0 amide bonds. The van der Waals surface area contributed by atoms with Crippen LogP contribution >= 0.6 is 0 Å². The molecule has 2 fully saturated rings. The first-order chi connectivity index (χ1) is 23.1. The lowest BCUT2D eigenvalue weighted by Crippen LogP contribution is -2.16. The Morgan fingerprint density at radius 3 is 0.667 bits per heavy atom. The molecule has 4 rings (SSSR count). The van der Waals surface area contributed by atoms with Crippen molar-refractivity contribution in [3.63, 3.8) is 0 Å². The van der Waals surface area contributed by atoms with Crippen molar-refractivity contribution in [2.45, 2.75) is 89.9 Å². The van der Waals surface area contributed by atoms with Gasteiger partial charge in [0.15, 0.2) is 0 Å². The molecule has 0 radical (unpaired) electrons. The molecule has 3 aliphatic carbocycles. The van der Waals surface area contributed by atoms with Crippen LogP contribution < -0.4 is 0 Å². The molecule has 2 N–H and O–H groups in total. The summed E-state index contributed by atoms with van der Waals surface area (Å²) >= 11 is 0. The predicted molar refractivity (Wildman–Crippen MR) is 153 cm³/mol. The quantitative estimate of drug-likeness (QED) is 0.422. The minimum Gasteiger partial charge on any atom is -0.481 e. The SMILES string of the molecule is C1=CCCCC1.O=C(O)C1CCCCC1.O=C(O)C1CCCCC1.O=C=O.O=C=O.O=C=O.O=C=O.O=C=O.O=C=O.c1ccccc1. The van der Waals surface area contributed by atoms with Crippen molar-refractivity contribution in [3.05, 3.63) is 48.6 Å². The summed E-state index contributed by atoms with van der Waals surface area (Å²) < 4.78 is 0. The van der Waals surface area contributed by atoms with E-state index in [1.165, 1.54) is 38.5 Å². The molecule has 0 atom stereocenters. The zero-order valence-corrected chi connectivity index (χ0v) is 26.3. The van der Waals surface area contributed by atoms with E-state index in [-0.39, 0.29) is 48.7 Å². The van der Waals surface area contributed by atoms with Crippen LogP contribution in [0.15, 0.2) is 48.6 Å². The van der Waals surface area contributed by atoms with Crippen LogP contribution in [0.2, 0.25) is 0 Å². The molecule has 0 saturated heterocycles. The van der Waals surface area contributed by atoms with Gasteiger partial charge in [-0.2, -0.15) is 57.5 Å². The van der Waals surface area contributed by atoms with Crippen LogP contribution in [0.25, 0.3) is 0 Å². The van der Waals surface area contributed by atoms with Gasteiger partial charge in [0, 0.05) is 0 Å². The average molecular weight is 681 g/mol. The largest absolute Gasteiger partial charge is 0.481 e. The molecule has 0 spiro atoms. The van der Waals surface area contributed by atoms with Crippen LogP contribution in [-0.2, 0) is 67.1 Å². The lowest BCUT2D eigenvalue weighted by atomic mass is 9.90. The summed E-state index contributed by atoms with van der Waals surface area (Å²) in [5, 5.41) is 17.1. The monoisotopic (exact) mass is 680 g/mol. The van der Waals surface area contributed by atoms with E-state index in [1.54, 1.807) is 0 Å². The standard InChI is InChI=1S/2C7H12O2.C6H10.C6H6.6CO2/c2*8-7(9)6-4-2-1-3-5-6;2*1-2-4-6-5-3-1;6*2-1-3/h2*6H,1-5H2,(H,8,9);1-2H,3-6H2;1-6H;;;;;;. The smallest absolute Gasteiger partial charge is 0.373 e. The lowest BCUT2D eigenvalue weighted by molar-refractivity contribution is -0.193. The van der Waals surface area contributed by atoms with E-state index in [4.69, 9.17) is 67.7 Å². The molecule has 264 valence electrons. The number of carbonyl (C=O) groups excluding carboxylic acids is 12. The molecule has 0 bridgehead atoms. The summed E-state index contributed by atoms with van der Waals surface area (Å²) in [6, 6.07) is 12.0. The number of hydrogen-bond donors (Lipinski definition) is 2. The van der Waals surface area contributed by atoms with Gasteiger partial charge in [-0.25, -0.2) is 0 Å². The van der Waals surface area contributed by atoms with E-state index in [2.05, 4.69) is 12.2 Å². The van der Waals surface area contributed by atoms with Crippen LogP contribution in [0.3, 0.4) is 0 Å². The Morgan fingerprint density at radius 2 is 0.562 bits per heavy atom. The van der Waals surface area contributed by atoms with Gasteiger partial charge in [0.05, 0.1) is 11.8 Å². The molecule has 0 heterocycles. The number of hydrogen-bond acceptors (Lipinski definition) is 14. The second kappa shape index (κ2) is 56.9.